The molecule has 0 aliphatic heterocycles. The number of rotatable bonds is 2. The van der Waals surface area contributed by atoms with E-state index in [0.29, 0.717) is 0 Å². The van der Waals surface area contributed by atoms with Crippen LogP contribution < -0.4 is 5.63 Å². The second-order valence-corrected chi connectivity index (χ2v) is 3.21. The van der Waals surface area contributed by atoms with Crippen molar-refractivity contribution in [1.29, 1.82) is 0 Å². The van der Waals surface area contributed by atoms with Crippen LogP contribution in [0, 0.1) is 0 Å². The molecule has 0 unspecified atom stereocenters. The van der Waals surface area contributed by atoms with Crippen molar-refractivity contribution in [3.63, 3.8) is 0 Å². The van der Waals surface area contributed by atoms with Gasteiger partial charge in [-0.05, 0) is 18.2 Å². The van der Waals surface area contributed by atoms with E-state index in [1.54, 1.807) is 0 Å². The number of aliphatic hydroxyl groups is 1. The fraction of sp³-hybridized carbons (Fsp3) is 0.0909. The molecular weight excluding hydrogens is 212 g/mol. The maximum Gasteiger partial charge on any atom is 0.347 e. The summed E-state index contributed by atoms with van der Waals surface area (Å²) in [5, 5.41) is 18.5. The van der Waals surface area contributed by atoms with Gasteiger partial charge in [0, 0.05) is 10.9 Å². The first-order chi connectivity index (χ1) is 7.65. The van der Waals surface area contributed by atoms with Crippen LogP contribution in [-0.4, -0.2) is 22.6 Å². The lowest BCUT2D eigenvalue weighted by atomic mass is 10.0. The third-order valence-electron chi connectivity index (χ3n) is 2.28. The number of fused-ring (bicyclic) bond motifs is 1. The number of benzene rings is 1. The number of carbonyl (C=O) groups is 1. The molecule has 2 rings (SSSR count). The van der Waals surface area contributed by atoms with E-state index in [9.17, 15) is 14.7 Å². The third-order valence-corrected chi connectivity index (χ3v) is 2.28. The van der Waals surface area contributed by atoms with Gasteiger partial charge in [-0.25, -0.2) is 4.79 Å². The molecule has 1 aromatic carbocycles. The number of hydrogen-bond acceptors (Lipinski definition) is 5. The number of hydrogen-bond donors (Lipinski definition) is 2. The lowest BCUT2D eigenvalue weighted by molar-refractivity contribution is 0.0905. The van der Waals surface area contributed by atoms with Gasteiger partial charge >= 0.3 is 5.63 Å². The van der Waals surface area contributed by atoms with Gasteiger partial charge in [-0.15, -0.1) is 0 Å². The first-order valence-corrected chi connectivity index (χ1v) is 4.52. The van der Waals surface area contributed by atoms with Gasteiger partial charge in [0.2, 0.25) is 0 Å². The third kappa shape index (κ3) is 1.47. The summed E-state index contributed by atoms with van der Waals surface area (Å²) < 4.78 is 4.60. The van der Waals surface area contributed by atoms with Crippen LogP contribution in [0.3, 0.4) is 0 Å². The second-order valence-electron chi connectivity index (χ2n) is 3.21. The lowest BCUT2D eigenvalue weighted by Crippen LogP contribution is -2.07. The zero-order chi connectivity index (χ0) is 11.7. The molecule has 1 heterocycles. The summed E-state index contributed by atoms with van der Waals surface area (Å²) in [6.45, 7) is -0.653. The maximum absolute atomic E-state index is 11.4. The molecule has 0 atom stereocenters. The summed E-state index contributed by atoms with van der Waals surface area (Å²) >= 11 is 0. The average Bonchev–Trinajstić information content (AvgIpc) is 2.28. The van der Waals surface area contributed by atoms with Crippen molar-refractivity contribution in [3.8, 4) is 5.75 Å². The van der Waals surface area contributed by atoms with Crippen LogP contribution in [0.25, 0.3) is 10.8 Å². The van der Waals surface area contributed by atoms with Crippen molar-refractivity contribution in [2.45, 2.75) is 0 Å². The molecule has 2 N–H and O–H groups in total. The molecule has 0 saturated carbocycles. The molecule has 0 radical (unpaired) electrons. The molecule has 1 aromatic heterocycles. The van der Waals surface area contributed by atoms with Crippen molar-refractivity contribution >= 4 is 16.6 Å². The van der Waals surface area contributed by atoms with Crippen molar-refractivity contribution in [2.24, 2.45) is 0 Å². The number of phenolic OH excluding ortho intramolecular Hbond substituents is 1. The molecular formula is C11H8O5. The minimum atomic E-state index is -0.720. The largest absolute Gasteiger partial charge is 0.507 e. The highest BCUT2D eigenvalue weighted by Gasteiger charge is 2.14. The van der Waals surface area contributed by atoms with Crippen molar-refractivity contribution < 1.29 is 19.4 Å². The van der Waals surface area contributed by atoms with E-state index in [-0.39, 0.29) is 22.1 Å². The number of aromatic hydroxyl groups is 1. The Morgan fingerprint density at radius 1 is 1.31 bits per heavy atom. The summed E-state index contributed by atoms with van der Waals surface area (Å²) in [7, 11) is 0. The Morgan fingerprint density at radius 3 is 2.75 bits per heavy atom. The minimum absolute atomic E-state index is 0.0539. The minimum Gasteiger partial charge on any atom is -0.507 e. The van der Waals surface area contributed by atoms with Crippen LogP contribution in [0.4, 0.5) is 0 Å². The summed E-state index contributed by atoms with van der Waals surface area (Å²) in [5.41, 5.74) is -0.536. The number of phenols is 1. The van der Waals surface area contributed by atoms with E-state index in [2.05, 4.69) is 4.42 Å². The van der Waals surface area contributed by atoms with Crippen LogP contribution >= 0.6 is 0 Å². The number of Topliss-reactive ketones (excluding diaryl/α,β-unsaturated/α-hetero) is 1. The van der Waals surface area contributed by atoms with Gasteiger partial charge in [0.25, 0.3) is 0 Å². The van der Waals surface area contributed by atoms with Gasteiger partial charge in [-0.2, -0.15) is 0 Å². The van der Waals surface area contributed by atoms with Gasteiger partial charge in [0.1, 0.15) is 17.7 Å². The predicted molar refractivity (Wildman–Crippen MR) is 55.6 cm³/mol. The molecule has 0 spiro atoms. The predicted octanol–water partition coefficient (Wildman–Crippen LogP) is 0.674. The maximum atomic E-state index is 11.4. The van der Waals surface area contributed by atoms with E-state index >= 15 is 0 Å². The van der Waals surface area contributed by atoms with Gasteiger partial charge in [0.15, 0.2) is 5.78 Å². The van der Waals surface area contributed by atoms with Crippen LogP contribution in [-0.2, 0) is 0 Å². The fourth-order valence-corrected chi connectivity index (χ4v) is 1.55. The molecule has 16 heavy (non-hydrogen) atoms. The average molecular weight is 220 g/mol. The fourth-order valence-electron chi connectivity index (χ4n) is 1.55. The van der Waals surface area contributed by atoms with E-state index in [4.69, 9.17) is 5.11 Å². The van der Waals surface area contributed by atoms with Gasteiger partial charge in [0.05, 0.1) is 6.26 Å². The molecule has 82 valence electrons. The number of aliphatic hydroxyl groups excluding tert-OH is 1. The quantitative estimate of drug-likeness (QED) is 0.726. The van der Waals surface area contributed by atoms with Crippen LogP contribution in [0.5, 0.6) is 5.75 Å². The molecule has 0 bridgehead atoms. The Kier molecular flexibility index (Phi) is 2.46. The molecule has 2 aromatic rings. The second kappa shape index (κ2) is 3.79. The van der Waals surface area contributed by atoms with Crippen LogP contribution in [0.15, 0.2) is 33.7 Å². The Labute approximate surface area is 89.6 Å². The molecule has 5 nitrogen and oxygen atoms in total. The highest BCUT2D eigenvalue weighted by molar-refractivity contribution is 6.09. The van der Waals surface area contributed by atoms with Crippen molar-refractivity contribution in [2.75, 3.05) is 6.61 Å². The molecule has 0 amide bonds. The first-order valence-electron chi connectivity index (χ1n) is 4.52. The summed E-state index contributed by atoms with van der Waals surface area (Å²) in [5.74, 6) is -0.769. The van der Waals surface area contributed by atoms with E-state index < -0.39 is 18.0 Å². The number of carbonyl (C=O) groups excluding carboxylic acids is 1. The molecule has 0 saturated heterocycles. The molecule has 5 heteroatoms. The van der Waals surface area contributed by atoms with E-state index in [0.717, 1.165) is 6.26 Å². The zero-order valence-corrected chi connectivity index (χ0v) is 8.14. The normalized spacial score (nSPS) is 10.6. The Morgan fingerprint density at radius 2 is 2.06 bits per heavy atom. The van der Waals surface area contributed by atoms with Crippen molar-refractivity contribution in [3.05, 3.63) is 40.4 Å². The van der Waals surface area contributed by atoms with Crippen LogP contribution in [0.1, 0.15) is 10.4 Å². The molecule has 0 fully saturated rings. The van der Waals surface area contributed by atoms with Crippen molar-refractivity contribution in [1.82, 2.24) is 0 Å². The first kappa shape index (κ1) is 10.4. The standard InChI is InChI=1S/C11H8O5/c12-5-9(14)6-1-2-8(13)10-7(6)3-4-16-11(10)15/h1-4,12-13H,5H2. The smallest absolute Gasteiger partial charge is 0.347 e. The zero-order valence-electron chi connectivity index (χ0n) is 8.14. The van der Waals surface area contributed by atoms with Gasteiger partial charge in [-0.1, -0.05) is 0 Å². The Bertz CT molecular complexity index is 611. The van der Waals surface area contributed by atoms with E-state index in [1.165, 1.54) is 18.2 Å². The Hall–Kier alpha value is -2.14. The SMILES string of the molecule is O=C(CO)c1ccc(O)c2c(=O)occc12. The summed E-state index contributed by atoms with van der Waals surface area (Å²) in [6.07, 6.45) is 1.14. The topological polar surface area (TPSA) is 87.7 Å². The Balaban J connectivity index is 2.90. The lowest BCUT2D eigenvalue weighted by Gasteiger charge is -2.04. The molecule has 0 aliphatic carbocycles. The number of ketones is 1. The summed E-state index contributed by atoms with van der Waals surface area (Å²) in [4.78, 5) is 22.7. The van der Waals surface area contributed by atoms with Crippen LogP contribution in [0.2, 0.25) is 0 Å². The highest BCUT2D eigenvalue weighted by Crippen LogP contribution is 2.24. The van der Waals surface area contributed by atoms with E-state index in [1.807, 2.05) is 0 Å². The van der Waals surface area contributed by atoms with Gasteiger partial charge in [-0.3, -0.25) is 4.79 Å². The summed E-state index contributed by atoms with van der Waals surface area (Å²) in [6, 6.07) is 3.98. The van der Waals surface area contributed by atoms with Gasteiger partial charge < -0.3 is 14.6 Å². The molecule has 0 aliphatic rings. The highest BCUT2D eigenvalue weighted by atomic mass is 16.4. The monoisotopic (exact) mass is 220 g/mol.